The van der Waals surface area contributed by atoms with Gasteiger partial charge >= 0.3 is 0 Å². The molecule has 0 atom stereocenters. The first-order chi connectivity index (χ1) is 9.11. The normalized spacial score (nSPS) is 22.1. The van der Waals surface area contributed by atoms with Crippen LogP contribution in [0.5, 0.6) is 0 Å². The molecule has 1 aromatic heterocycles. The van der Waals surface area contributed by atoms with Crippen LogP contribution in [0.25, 0.3) is 11.3 Å². The summed E-state index contributed by atoms with van der Waals surface area (Å²) in [6.07, 6.45) is 2.01. The van der Waals surface area contributed by atoms with Gasteiger partial charge in [-0.15, -0.1) is 0 Å². The number of aromatic nitrogens is 2. The molecule has 1 aromatic carbocycles. The van der Waals surface area contributed by atoms with Gasteiger partial charge in [0.05, 0.1) is 5.69 Å². The lowest BCUT2D eigenvalue weighted by Gasteiger charge is -2.31. The van der Waals surface area contributed by atoms with Crippen molar-refractivity contribution >= 4 is 15.9 Å². The number of nitrogens with zero attached hydrogens (tertiary/aromatic N) is 2. The predicted octanol–water partition coefficient (Wildman–Crippen LogP) is 3.42. The van der Waals surface area contributed by atoms with Crippen molar-refractivity contribution in [3.05, 3.63) is 46.3 Å². The Labute approximate surface area is 121 Å². The first-order valence-corrected chi connectivity index (χ1v) is 7.28. The third kappa shape index (κ3) is 2.69. The van der Waals surface area contributed by atoms with E-state index in [1.54, 1.807) is 0 Å². The van der Waals surface area contributed by atoms with Crippen molar-refractivity contribution in [2.45, 2.75) is 31.7 Å². The second kappa shape index (κ2) is 5.02. The monoisotopic (exact) mass is 317 g/mol. The summed E-state index contributed by atoms with van der Waals surface area (Å²) in [6, 6.07) is 10.6. The van der Waals surface area contributed by atoms with Gasteiger partial charge in [0.25, 0.3) is 0 Å². The van der Waals surface area contributed by atoms with Crippen molar-refractivity contribution in [3.8, 4) is 11.3 Å². The number of hydrogen-bond acceptors (Lipinski definition) is 3. The van der Waals surface area contributed by atoms with E-state index in [1.165, 1.54) is 0 Å². The molecule has 1 heterocycles. The Bertz CT molecular complexity index is 589. The standard InChI is InChI=1S/C15H16BrN3/c1-9-6-14(10-2-4-12(16)5-3-10)19-15(18-9)11-7-13(17)8-11/h2-6,11,13H,7-8,17H2,1H3. The van der Waals surface area contributed by atoms with Crippen LogP contribution in [0, 0.1) is 6.92 Å². The minimum absolute atomic E-state index is 0.324. The average Bonchev–Trinajstić information content (AvgIpc) is 2.35. The smallest absolute Gasteiger partial charge is 0.132 e. The van der Waals surface area contributed by atoms with Gasteiger partial charge in [0.15, 0.2) is 0 Å². The first kappa shape index (κ1) is 12.8. The number of hydrogen-bond donors (Lipinski definition) is 1. The Morgan fingerprint density at radius 1 is 1.16 bits per heavy atom. The molecule has 4 heteroatoms. The van der Waals surface area contributed by atoms with Crippen molar-refractivity contribution in [1.29, 1.82) is 0 Å². The molecule has 0 radical (unpaired) electrons. The van der Waals surface area contributed by atoms with Crippen molar-refractivity contribution in [3.63, 3.8) is 0 Å². The summed E-state index contributed by atoms with van der Waals surface area (Å²) in [5.41, 5.74) is 8.99. The lowest BCUT2D eigenvalue weighted by atomic mass is 9.80. The fourth-order valence-corrected chi connectivity index (χ4v) is 2.68. The maximum Gasteiger partial charge on any atom is 0.132 e. The second-order valence-corrected chi connectivity index (χ2v) is 6.10. The maximum atomic E-state index is 5.85. The van der Waals surface area contributed by atoms with Crippen LogP contribution in [0.15, 0.2) is 34.8 Å². The van der Waals surface area contributed by atoms with Crippen LogP contribution in [0.1, 0.15) is 30.3 Å². The highest BCUT2D eigenvalue weighted by molar-refractivity contribution is 9.10. The minimum atomic E-state index is 0.324. The lowest BCUT2D eigenvalue weighted by Crippen LogP contribution is -2.35. The first-order valence-electron chi connectivity index (χ1n) is 6.49. The minimum Gasteiger partial charge on any atom is -0.328 e. The van der Waals surface area contributed by atoms with E-state index in [4.69, 9.17) is 10.7 Å². The molecule has 0 unspecified atom stereocenters. The van der Waals surface area contributed by atoms with Gasteiger partial charge in [-0.25, -0.2) is 9.97 Å². The quantitative estimate of drug-likeness (QED) is 0.923. The molecule has 2 N–H and O–H groups in total. The SMILES string of the molecule is Cc1cc(-c2ccc(Br)cc2)nc(C2CC(N)C2)n1. The summed E-state index contributed by atoms with van der Waals surface area (Å²) in [7, 11) is 0. The maximum absolute atomic E-state index is 5.85. The molecule has 98 valence electrons. The Hall–Kier alpha value is -1.26. The molecule has 1 saturated carbocycles. The van der Waals surface area contributed by atoms with Gasteiger partial charge < -0.3 is 5.73 Å². The summed E-state index contributed by atoms with van der Waals surface area (Å²) < 4.78 is 1.08. The summed E-state index contributed by atoms with van der Waals surface area (Å²) >= 11 is 3.45. The van der Waals surface area contributed by atoms with Gasteiger partial charge in [0.2, 0.25) is 0 Å². The average molecular weight is 318 g/mol. The van der Waals surface area contributed by atoms with Crippen molar-refractivity contribution < 1.29 is 0 Å². The Balaban J connectivity index is 1.95. The lowest BCUT2D eigenvalue weighted by molar-refractivity contribution is 0.338. The summed E-state index contributed by atoms with van der Waals surface area (Å²) in [6.45, 7) is 2.02. The zero-order valence-corrected chi connectivity index (χ0v) is 12.4. The molecule has 0 aliphatic heterocycles. The number of nitrogens with two attached hydrogens (primary N) is 1. The van der Waals surface area contributed by atoms with Gasteiger partial charge in [-0.1, -0.05) is 28.1 Å². The number of rotatable bonds is 2. The molecule has 1 aliphatic rings. The van der Waals surface area contributed by atoms with Crippen molar-refractivity contribution in [2.75, 3.05) is 0 Å². The van der Waals surface area contributed by atoms with E-state index in [0.717, 1.165) is 40.1 Å². The van der Waals surface area contributed by atoms with Crippen LogP contribution >= 0.6 is 15.9 Å². The van der Waals surface area contributed by atoms with E-state index < -0.39 is 0 Å². The van der Waals surface area contributed by atoms with Gasteiger partial charge in [0, 0.05) is 27.7 Å². The van der Waals surface area contributed by atoms with Crippen LogP contribution in [0.2, 0.25) is 0 Å². The Kier molecular flexibility index (Phi) is 3.37. The molecule has 3 rings (SSSR count). The summed E-state index contributed by atoms with van der Waals surface area (Å²) in [5.74, 6) is 1.38. The summed E-state index contributed by atoms with van der Waals surface area (Å²) in [4.78, 5) is 9.27. The van der Waals surface area contributed by atoms with E-state index in [-0.39, 0.29) is 0 Å². The highest BCUT2D eigenvalue weighted by Crippen LogP contribution is 2.34. The van der Waals surface area contributed by atoms with Crippen LogP contribution in [-0.4, -0.2) is 16.0 Å². The van der Waals surface area contributed by atoms with E-state index in [9.17, 15) is 0 Å². The number of aryl methyl sites for hydroxylation is 1. The van der Waals surface area contributed by atoms with Gasteiger partial charge in [0.1, 0.15) is 5.82 Å². The molecule has 0 bridgehead atoms. The van der Waals surface area contributed by atoms with Crippen LogP contribution in [0.4, 0.5) is 0 Å². The van der Waals surface area contributed by atoms with Crippen molar-refractivity contribution in [2.24, 2.45) is 5.73 Å². The van der Waals surface area contributed by atoms with Crippen LogP contribution in [-0.2, 0) is 0 Å². The fraction of sp³-hybridized carbons (Fsp3) is 0.333. The molecule has 0 saturated heterocycles. The van der Waals surface area contributed by atoms with Crippen LogP contribution < -0.4 is 5.73 Å². The fourth-order valence-electron chi connectivity index (χ4n) is 2.42. The molecule has 1 fully saturated rings. The number of benzene rings is 1. The molecule has 3 nitrogen and oxygen atoms in total. The van der Waals surface area contributed by atoms with Crippen LogP contribution in [0.3, 0.4) is 0 Å². The highest BCUT2D eigenvalue weighted by atomic mass is 79.9. The predicted molar refractivity (Wildman–Crippen MR) is 79.9 cm³/mol. The molecular weight excluding hydrogens is 302 g/mol. The molecule has 2 aromatic rings. The van der Waals surface area contributed by atoms with E-state index in [2.05, 4.69) is 33.0 Å². The van der Waals surface area contributed by atoms with E-state index in [1.807, 2.05) is 25.1 Å². The number of halogens is 1. The molecule has 0 spiro atoms. The molecule has 19 heavy (non-hydrogen) atoms. The molecule has 0 amide bonds. The third-order valence-corrected chi connectivity index (χ3v) is 4.08. The van der Waals surface area contributed by atoms with Gasteiger partial charge in [-0.05, 0) is 38.0 Å². The second-order valence-electron chi connectivity index (χ2n) is 5.19. The summed E-state index contributed by atoms with van der Waals surface area (Å²) in [5, 5.41) is 0. The molecule has 1 aliphatic carbocycles. The van der Waals surface area contributed by atoms with Crippen molar-refractivity contribution in [1.82, 2.24) is 9.97 Å². The van der Waals surface area contributed by atoms with Gasteiger partial charge in [-0.3, -0.25) is 0 Å². The highest BCUT2D eigenvalue weighted by Gasteiger charge is 2.29. The Morgan fingerprint density at radius 3 is 2.47 bits per heavy atom. The third-order valence-electron chi connectivity index (χ3n) is 3.55. The zero-order chi connectivity index (χ0) is 13.4. The van der Waals surface area contributed by atoms with Gasteiger partial charge in [-0.2, -0.15) is 0 Å². The topological polar surface area (TPSA) is 51.8 Å². The zero-order valence-electron chi connectivity index (χ0n) is 10.8. The molecular formula is C15H16BrN3. The van der Waals surface area contributed by atoms with E-state index in [0.29, 0.717) is 12.0 Å². The largest absolute Gasteiger partial charge is 0.328 e. The van der Waals surface area contributed by atoms with E-state index >= 15 is 0 Å². The Morgan fingerprint density at radius 2 is 1.84 bits per heavy atom.